The predicted octanol–water partition coefficient (Wildman–Crippen LogP) is 4.30. The molecule has 0 fully saturated rings. The molecule has 3 heteroatoms. The van der Waals surface area contributed by atoms with E-state index in [0.717, 1.165) is 23.3 Å². The van der Waals surface area contributed by atoms with Crippen LogP contribution in [0.2, 0.25) is 0 Å². The largest absolute Gasteiger partial charge is 0.362 e. The summed E-state index contributed by atoms with van der Waals surface area (Å²) in [6.07, 6.45) is 0. The van der Waals surface area contributed by atoms with Crippen LogP contribution >= 0.6 is 0 Å². The Kier molecular flexibility index (Phi) is 4.57. The molecular formula is C20H20N2O. The molecular weight excluding hydrogens is 284 g/mol. The van der Waals surface area contributed by atoms with Crippen molar-refractivity contribution in [3.8, 4) is 0 Å². The van der Waals surface area contributed by atoms with E-state index >= 15 is 0 Å². The lowest BCUT2D eigenvalue weighted by Gasteiger charge is -2.22. The van der Waals surface area contributed by atoms with Gasteiger partial charge >= 0.3 is 0 Å². The number of carbonyl (C=O) groups is 1. The van der Waals surface area contributed by atoms with Gasteiger partial charge in [-0.15, -0.1) is 0 Å². The Labute approximate surface area is 136 Å². The molecule has 0 aliphatic heterocycles. The third kappa shape index (κ3) is 3.69. The molecule has 0 radical (unpaired) electrons. The normalized spacial score (nSPS) is 10.5. The zero-order chi connectivity index (χ0) is 16.1. The Morgan fingerprint density at radius 2 is 1.61 bits per heavy atom. The van der Waals surface area contributed by atoms with Crippen LogP contribution in [0.5, 0.6) is 0 Å². The number of carbonyl (C=O) groups excluding carboxylic acids is 1. The molecule has 3 aromatic rings. The SMILES string of the molecule is CCN(CC(=O)Nc1ccc2ccccc2c1)c1ccccc1. The Morgan fingerprint density at radius 1 is 0.913 bits per heavy atom. The number of benzene rings is 3. The van der Waals surface area contributed by atoms with E-state index in [-0.39, 0.29) is 5.91 Å². The fourth-order valence-electron chi connectivity index (χ4n) is 2.67. The van der Waals surface area contributed by atoms with Gasteiger partial charge in [0.25, 0.3) is 0 Å². The molecule has 0 aliphatic carbocycles. The van der Waals surface area contributed by atoms with Crippen LogP contribution < -0.4 is 10.2 Å². The quantitative estimate of drug-likeness (QED) is 0.762. The van der Waals surface area contributed by atoms with Crippen LogP contribution in [0.25, 0.3) is 10.8 Å². The lowest BCUT2D eigenvalue weighted by atomic mass is 10.1. The Bertz CT molecular complexity index is 799. The fourth-order valence-corrected chi connectivity index (χ4v) is 2.67. The minimum Gasteiger partial charge on any atom is -0.362 e. The second-order valence-corrected chi connectivity index (χ2v) is 5.46. The highest BCUT2D eigenvalue weighted by Gasteiger charge is 2.10. The van der Waals surface area contributed by atoms with Crippen molar-refractivity contribution in [2.75, 3.05) is 23.3 Å². The second kappa shape index (κ2) is 6.97. The van der Waals surface area contributed by atoms with E-state index in [2.05, 4.69) is 23.2 Å². The molecule has 0 heterocycles. The van der Waals surface area contributed by atoms with Crippen molar-refractivity contribution in [3.63, 3.8) is 0 Å². The van der Waals surface area contributed by atoms with Gasteiger partial charge in [-0.3, -0.25) is 4.79 Å². The highest BCUT2D eigenvalue weighted by Crippen LogP contribution is 2.19. The van der Waals surface area contributed by atoms with Gasteiger partial charge in [-0.1, -0.05) is 48.5 Å². The van der Waals surface area contributed by atoms with Gasteiger partial charge in [0.1, 0.15) is 0 Å². The second-order valence-electron chi connectivity index (χ2n) is 5.46. The molecule has 0 saturated carbocycles. The van der Waals surface area contributed by atoms with E-state index in [9.17, 15) is 4.79 Å². The summed E-state index contributed by atoms with van der Waals surface area (Å²) in [4.78, 5) is 14.4. The number of likely N-dealkylation sites (N-methyl/N-ethyl adjacent to an activating group) is 1. The average molecular weight is 304 g/mol. The maximum Gasteiger partial charge on any atom is 0.243 e. The van der Waals surface area contributed by atoms with Crippen LogP contribution in [0.3, 0.4) is 0 Å². The van der Waals surface area contributed by atoms with Crippen molar-refractivity contribution in [1.29, 1.82) is 0 Å². The summed E-state index contributed by atoms with van der Waals surface area (Å²) < 4.78 is 0. The van der Waals surface area contributed by atoms with Crippen molar-refractivity contribution < 1.29 is 4.79 Å². The number of anilines is 2. The molecule has 1 amide bonds. The van der Waals surface area contributed by atoms with Crippen LogP contribution in [0.4, 0.5) is 11.4 Å². The van der Waals surface area contributed by atoms with E-state index < -0.39 is 0 Å². The minimum atomic E-state index is -0.00835. The smallest absolute Gasteiger partial charge is 0.243 e. The van der Waals surface area contributed by atoms with Crippen molar-refractivity contribution >= 4 is 28.1 Å². The van der Waals surface area contributed by atoms with Crippen LogP contribution in [0.1, 0.15) is 6.92 Å². The number of para-hydroxylation sites is 1. The predicted molar refractivity (Wildman–Crippen MR) is 96.9 cm³/mol. The molecule has 0 bridgehead atoms. The third-order valence-corrected chi connectivity index (χ3v) is 3.87. The lowest BCUT2D eigenvalue weighted by Crippen LogP contribution is -2.33. The van der Waals surface area contributed by atoms with Crippen molar-refractivity contribution in [2.24, 2.45) is 0 Å². The van der Waals surface area contributed by atoms with Gasteiger partial charge in [0, 0.05) is 17.9 Å². The number of hydrogen-bond acceptors (Lipinski definition) is 2. The summed E-state index contributed by atoms with van der Waals surface area (Å²) in [6, 6.07) is 24.1. The third-order valence-electron chi connectivity index (χ3n) is 3.87. The molecule has 0 saturated heterocycles. The zero-order valence-corrected chi connectivity index (χ0v) is 13.2. The number of hydrogen-bond donors (Lipinski definition) is 1. The number of nitrogens with one attached hydrogen (secondary N) is 1. The fraction of sp³-hybridized carbons (Fsp3) is 0.150. The standard InChI is InChI=1S/C20H20N2O/c1-2-22(19-10-4-3-5-11-19)15-20(23)21-18-13-12-16-8-6-7-9-17(16)14-18/h3-14H,2,15H2,1H3,(H,21,23). The van der Waals surface area contributed by atoms with E-state index in [1.165, 1.54) is 5.39 Å². The highest BCUT2D eigenvalue weighted by atomic mass is 16.2. The molecule has 0 atom stereocenters. The number of amides is 1. The van der Waals surface area contributed by atoms with Gasteiger partial charge in [0.2, 0.25) is 5.91 Å². The first-order chi connectivity index (χ1) is 11.3. The van der Waals surface area contributed by atoms with Crippen LogP contribution in [0.15, 0.2) is 72.8 Å². The molecule has 1 N–H and O–H groups in total. The van der Waals surface area contributed by atoms with Crippen LogP contribution in [-0.2, 0) is 4.79 Å². The van der Waals surface area contributed by atoms with E-state index in [1.54, 1.807) is 0 Å². The molecule has 23 heavy (non-hydrogen) atoms. The van der Waals surface area contributed by atoms with Gasteiger partial charge in [-0.25, -0.2) is 0 Å². The number of rotatable bonds is 5. The molecule has 3 aromatic carbocycles. The van der Waals surface area contributed by atoms with Gasteiger partial charge < -0.3 is 10.2 Å². The topological polar surface area (TPSA) is 32.3 Å². The first kappa shape index (κ1) is 15.1. The van der Waals surface area contributed by atoms with Crippen molar-refractivity contribution in [3.05, 3.63) is 72.8 Å². The van der Waals surface area contributed by atoms with E-state index in [0.29, 0.717) is 6.54 Å². The summed E-state index contributed by atoms with van der Waals surface area (Å²) in [6.45, 7) is 3.18. The van der Waals surface area contributed by atoms with Gasteiger partial charge in [0.15, 0.2) is 0 Å². The summed E-state index contributed by atoms with van der Waals surface area (Å²) in [5.41, 5.74) is 1.89. The van der Waals surface area contributed by atoms with Gasteiger partial charge in [-0.05, 0) is 42.0 Å². The van der Waals surface area contributed by atoms with Crippen molar-refractivity contribution in [1.82, 2.24) is 0 Å². The monoisotopic (exact) mass is 304 g/mol. The molecule has 116 valence electrons. The maximum absolute atomic E-state index is 12.3. The van der Waals surface area contributed by atoms with Crippen LogP contribution in [0, 0.1) is 0 Å². The zero-order valence-electron chi connectivity index (χ0n) is 13.2. The molecule has 0 spiro atoms. The summed E-state index contributed by atoms with van der Waals surface area (Å²) in [5.74, 6) is -0.00835. The molecule has 3 nitrogen and oxygen atoms in total. The minimum absolute atomic E-state index is 0.00835. The molecule has 3 rings (SSSR count). The number of fused-ring (bicyclic) bond motifs is 1. The van der Waals surface area contributed by atoms with Crippen LogP contribution in [-0.4, -0.2) is 19.0 Å². The molecule has 0 aromatic heterocycles. The van der Waals surface area contributed by atoms with Gasteiger partial charge in [0.05, 0.1) is 6.54 Å². The molecule has 0 unspecified atom stereocenters. The summed E-state index contributed by atoms with van der Waals surface area (Å²) in [7, 11) is 0. The maximum atomic E-state index is 12.3. The first-order valence-corrected chi connectivity index (χ1v) is 7.85. The lowest BCUT2D eigenvalue weighted by molar-refractivity contribution is -0.115. The Morgan fingerprint density at radius 3 is 2.35 bits per heavy atom. The van der Waals surface area contributed by atoms with E-state index in [4.69, 9.17) is 0 Å². The van der Waals surface area contributed by atoms with E-state index in [1.807, 2.05) is 66.7 Å². The highest BCUT2D eigenvalue weighted by molar-refractivity contribution is 5.96. The molecule has 0 aliphatic rings. The van der Waals surface area contributed by atoms with Gasteiger partial charge in [-0.2, -0.15) is 0 Å². The Hall–Kier alpha value is -2.81. The summed E-state index contributed by atoms with van der Waals surface area (Å²) >= 11 is 0. The first-order valence-electron chi connectivity index (χ1n) is 7.85. The van der Waals surface area contributed by atoms with Crippen molar-refractivity contribution in [2.45, 2.75) is 6.92 Å². The summed E-state index contributed by atoms with van der Waals surface area (Å²) in [5, 5.41) is 5.28. The average Bonchev–Trinajstić information content (AvgIpc) is 2.60. The number of nitrogens with zero attached hydrogens (tertiary/aromatic N) is 1. The Balaban J connectivity index is 1.70.